The van der Waals surface area contributed by atoms with Crippen LogP contribution in [0.1, 0.15) is 36.1 Å². The van der Waals surface area contributed by atoms with Crippen LogP contribution in [-0.4, -0.2) is 9.97 Å². The highest BCUT2D eigenvalue weighted by atomic mass is 14.8. The molecule has 0 aliphatic heterocycles. The third-order valence-electron chi connectivity index (χ3n) is 10.8. The molecule has 8 aromatic rings. The van der Waals surface area contributed by atoms with Gasteiger partial charge in [0.1, 0.15) is 0 Å². The lowest BCUT2D eigenvalue weighted by atomic mass is 9.49. The van der Waals surface area contributed by atoms with Crippen LogP contribution in [0.2, 0.25) is 0 Å². The van der Waals surface area contributed by atoms with Gasteiger partial charge in [-0.15, -0.1) is 0 Å². The zero-order valence-electron chi connectivity index (χ0n) is 28.2. The fraction of sp³-hybridized carbons (Fsp3) is 0.0833. The van der Waals surface area contributed by atoms with Gasteiger partial charge >= 0.3 is 0 Å². The van der Waals surface area contributed by atoms with Gasteiger partial charge in [0.2, 0.25) is 0 Å². The quantitative estimate of drug-likeness (QED) is 0.187. The van der Waals surface area contributed by atoms with E-state index in [4.69, 9.17) is 9.97 Å². The van der Waals surface area contributed by atoms with Crippen molar-refractivity contribution < 1.29 is 0 Å². The molecular weight excluding hydrogens is 605 g/mol. The highest BCUT2D eigenvalue weighted by molar-refractivity contribution is 5.89. The summed E-state index contributed by atoms with van der Waals surface area (Å²) in [5.74, 6) is 0. The summed E-state index contributed by atoms with van der Waals surface area (Å²) in [4.78, 5) is 10.4. The molecule has 238 valence electrons. The molecule has 1 aromatic heterocycles. The molecule has 7 aromatic carbocycles. The molecule has 2 heteroatoms. The van der Waals surface area contributed by atoms with Crippen molar-refractivity contribution in [2.24, 2.45) is 0 Å². The van der Waals surface area contributed by atoms with Crippen LogP contribution in [-0.2, 0) is 10.8 Å². The largest absolute Gasteiger partial charge is 0.244 e. The maximum absolute atomic E-state index is 5.25. The normalized spacial score (nSPS) is 16.0. The summed E-state index contributed by atoms with van der Waals surface area (Å²) in [6.45, 7) is 4.83. The van der Waals surface area contributed by atoms with Crippen molar-refractivity contribution in [1.82, 2.24) is 9.97 Å². The molecule has 0 bridgehead atoms. The lowest BCUT2D eigenvalue weighted by Gasteiger charge is -2.53. The van der Waals surface area contributed by atoms with Gasteiger partial charge in [0, 0.05) is 16.5 Å². The molecule has 0 saturated heterocycles. The van der Waals surface area contributed by atoms with Gasteiger partial charge in [-0.3, -0.25) is 0 Å². The fourth-order valence-electron chi connectivity index (χ4n) is 8.48. The second kappa shape index (κ2) is 11.8. The lowest BCUT2D eigenvalue weighted by molar-refractivity contribution is 0.353. The first kappa shape index (κ1) is 30.0. The minimum Gasteiger partial charge on any atom is -0.244 e. The third-order valence-corrected chi connectivity index (χ3v) is 10.8. The molecule has 0 amide bonds. The number of hydrogen-bond acceptors (Lipinski definition) is 2. The Morgan fingerprint density at radius 1 is 0.360 bits per heavy atom. The van der Waals surface area contributed by atoms with Crippen molar-refractivity contribution in [3.05, 3.63) is 204 Å². The Kier molecular flexibility index (Phi) is 7.07. The summed E-state index contributed by atoms with van der Waals surface area (Å²) in [6, 6.07) is 65.4. The zero-order chi connectivity index (χ0) is 33.7. The summed E-state index contributed by atoms with van der Waals surface area (Å²) < 4.78 is 0. The Labute approximate surface area is 293 Å². The van der Waals surface area contributed by atoms with Gasteiger partial charge in [0.15, 0.2) is 0 Å². The number of rotatable bonds is 5. The molecule has 1 aliphatic rings. The molecule has 0 radical (unpaired) electrons. The van der Waals surface area contributed by atoms with Gasteiger partial charge in [0.05, 0.1) is 27.8 Å². The monoisotopic (exact) mass is 640 g/mol. The van der Waals surface area contributed by atoms with E-state index in [-0.39, 0.29) is 5.41 Å². The van der Waals surface area contributed by atoms with Crippen molar-refractivity contribution in [2.75, 3.05) is 0 Å². The summed E-state index contributed by atoms with van der Waals surface area (Å²) in [5.41, 5.74) is 15.2. The van der Waals surface area contributed by atoms with Crippen LogP contribution in [0, 0.1) is 0 Å². The maximum Gasteiger partial charge on any atom is 0.0973 e. The standard InChI is InChI=1S/C48H36N2/c1-47(2)41-24-14-12-22-39(41)40-23-13-15-25-42(40)48(47,37-20-10-5-11-21-37)38-29-26-33(27-30-38)36-28-31-43-44(32-36)50-46(35-18-8-4-9-19-35)45(49-43)34-16-6-3-7-17-34/h3-32H,1-2H3. The molecule has 2 nitrogen and oxygen atoms in total. The van der Waals surface area contributed by atoms with Gasteiger partial charge in [-0.1, -0.05) is 184 Å². The zero-order valence-corrected chi connectivity index (χ0v) is 28.2. The Balaban J connectivity index is 1.20. The van der Waals surface area contributed by atoms with E-state index in [9.17, 15) is 0 Å². The van der Waals surface area contributed by atoms with E-state index in [2.05, 4.69) is 184 Å². The number of benzene rings is 7. The van der Waals surface area contributed by atoms with Crippen molar-refractivity contribution in [1.29, 1.82) is 0 Å². The van der Waals surface area contributed by atoms with Crippen molar-refractivity contribution in [3.63, 3.8) is 0 Å². The number of nitrogens with zero attached hydrogens (tertiary/aromatic N) is 2. The smallest absolute Gasteiger partial charge is 0.0973 e. The minimum absolute atomic E-state index is 0.246. The molecule has 50 heavy (non-hydrogen) atoms. The van der Waals surface area contributed by atoms with E-state index < -0.39 is 5.41 Å². The van der Waals surface area contributed by atoms with E-state index in [0.29, 0.717) is 0 Å². The highest BCUT2D eigenvalue weighted by Crippen LogP contribution is 2.60. The first-order valence-electron chi connectivity index (χ1n) is 17.3. The highest BCUT2D eigenvalue weighted by Gasteiger charge is 2.54. The summed E-state index contributed by atoms with van der Waals surface area (Å²) in [6.07, 6.45) is 0. The number of fused-ring (bicyclic) bond motifs is 4. The topological polar surface area (TPSA) is 25.8 Å². The lowest BCUT2D eigenvalue weighted by Crippen LogP contribution is -2.49. The van der Waals surface area contributed by atoms with Gasteiger partial charge in [-0.25, -0.2) is 9.97 Å². The molecule has 0 spiro atoms. The summed E-state index contributed by atoms with van der Waals surface area (Å²) >= 11 is 0. The molecular formula is C48H36N2. The average Bonchev–Trinajstić information content (AvgIpc) is 3.19. The molecule has 0 saturated carbocycles. The second-order valence-corrected chi connectivity index (χ2v) is 13.8. The Morgan fingerprint density at radius 3 is 1.44 bits per heavy atom. The van der Waals surface area contributed by atoms with Crippen LogP contribution in [0.5, 0.6) is 0 Å². The van der Waals surface area contributed by atoms with E-state index in [0.717, 1.165) is 44.7 Å². The Morgan fingerprint density at radius 2 is 0.820 bits per heavy atom. The predicted molar refractivity (Wildman–Crippen MR) is 207 cm³/mol. The van der Waals surface area contributed by atoms with Crippen LogP contribution in [0.3, 0.4) is 0 Å². The Bertz CT molecular complexity index is 2480. The SMILES string of the molecule is CC1(C)c2ccccc2-c2ccccc2C1(c1ccccc1)c1ccc(-c2ccc3nc(-c4ccccc4)c(-c4ccccc4)nc3c2)cc1. The molecule has 0 N–H and O–H groups in total. The third kappa shape index (κ3) is 4.56. The van der Waals surface area contributed by atoms with Crippen LogP contribution in [0.15, 0.2) is 182 Å². The predicted octanol–water partition coefficient (Wildman–Crippen LogP) is 11.9. The maximum atomic E-state index is 5.25. The first-order valence-corrected chi connectivity index (χ1v) is 17.3. The minimum atomic E-state index is -0.412. The molecule has 1 aliphatic carbocycles. The first-order chi connectivity index (χ1) is 24.6. The molecule has 0 fully saturated rings. The number of aromatic nitrogens is 2. The van der Waals surface area contributed by atoms with E-state index in [1.807, 2.05) is 12.1 Å². The average molecular weight is 641 g/mol. The van der Waals surface area contributed by atoms with Crippen LogP contribution >= 0.6 is 0 Å². The van der Waals surface area contributed by atoms with E-state index >= 15 is 0 Å². The van der Waals surface area contributed by atoms with E-state index in [1.54, 1.807) is 0 Å². The van der Waals surface area contributed by atoms with E-state index in [1.165, 1.54) is 33.4 Å². The molecule has 1 unspecified atom stereocenters. The van der Waals surface area contributed by atoms with Crippen LogP contribution < -0.4 is 0 Å². The van der Waals surface area contributed by atoms with Crippen molar-refractivity contribution in [3.8, 4) is 44.8 Å². The number of hydrogen-bond donors (Lipinski definition) is 0. The Hall–Kier alpha value is -6.12. The van der Waals surface area contributed by atoms with Crippen molar-refractivity contribution in [2.45, 2.75) is 24.7 Å². The summed E-state index contributed by atoms with van der Waals surface area (Å²) in [5, 5.41) is 0. The molecule has 1 heterocycles. The van der Waals surface area contributed by atoms with Gasteiger partial charge < -0.3 is 0 Å². The summed E-state index contributed by atoms with van der Waals surface area (Å²) in [7, 11) is 0. The van der Waals surface area contributed by atoms with Crippen LogP contribution in [0.25, 0.3) is 55.8 Å². The fourth-order valence-corrected chi connectivity index (χ4v) is 8.48. The van der Waals surface area contributed by atoms with Gasteiger partial charge in [0.25, 0.3) is 0 Å². The molecule has 1 atom stereocenters. The van der Waals surface area contributed by atoms with Gasteiger partial charge in [-0.2, -0.15) is 0 Å². The molecule has 9 rings (SSSR count). The van der Waals surface area contributed by atoms with Crippen molar-refractivity contribution >= 4 is 11.0 Å². The van der Waals surface area contributed by atoms with Crippen LogP contribution in [0.4, 0.5) is 0 Å². The second-order valence-electron chi connectivity index (χ2n) is 13.8. The van der Waals surface area contributed by atoms with Gasteiger partial charge in [-0.05, 0) is 56.6 Å².